The second-order valence-corrected chi connectivity index (χ2v) is 5.34. The number of rotatable bonds is 2. The summed E-state index contributed by atoms with van der Waals surface area (Å²) in [6, 6.07) is 0.106. The second-order valence-electron chi connectivity index (χ2n) is 5.34. The Labute approximate surface area is 96.4 Å². The van der Waals surface area contributed by atoms with Gasteiger partial charge in [0.25, 0.3) is 5.91 Å². The Morgan fingerprint density at radius 3 is 2.38 bits per heavy atom. The summed E-state index contributed by atoms with van der Waals surface area (Å²) in [6.07, 6.45) is 0. The molecule has 90 valence electrons. The molecular weight excluding hydrogens is 204 g/mol. The predicted molar refractivity (Wildman–Crippen MR) is 62.5 cm³/mol. The van der Waals surface area contributed by atoms with Gasteiger partial charge in [-0.1, -0.05) is 25.9 Å². The fourth-order valence-corrected chi connectivity index (χ4v) is 1.49. The van der Waals surface area contributed by atoms with E-state index in [0.29, 0.717) is 17.0 Å². The summed E-state index contributed by atoms with van der Waals surface area (Å²) < 4.78 is 5.11. The van der Waals surface area contributed by atoms with Gasteiger partial charge in [-0.05, 0) is 20.8 Å². The van der Waals surface area contributed by atoms with Gasteiger partial charge < -0.3 is 9.84 Å². The smallest absolute Gasteiger partial charge is 0.257 e. The molecule has 1 aromatic rings. The molecule has 4 nitrogen and oxygen atoms in total. The van der Waals surface area contributed by atoms with Crippen molar-refractivity contribution < 1.29 is 9.32 Å². The Morgan fingerprint density at radius 2 is 1.94 bits per heavy atom. The molecule has 1 amide bonds. The highest BCUT2D eigenvalue weighted by Crippen LogP contribution is 2.26. The first-order valence-corrected chi connectivity index (χ1v) is 5.51. The van der Waals surface area contributed by atoms with Crippen LogP contribution in [0, 0.1) is 6.92 Å². The maximum absolute atomic E-state index is 12.0. The number of hydrogen-bond donors (Lipinski definition) is 1. The molecule has 0 aromatic carbocycles. The number of nitrogens with one attached hydrogen (secondary N) is 1. The minimum Gasteiger partial charge on any atom is -0.361 e. The van der Waals surface area contributed by atoms with E-state index in [-0.39, 0.29) is 17.4 Å². The topological polar surface area (TPSA) is 55.1 Å². The average molecular weight is 224 g/mol. The molecule has 0 saturated heterocycles. The molecule has 0 aliphatic carbocycles. The first kappa shape index (κ1) is 12.7. The Morgan fingerprint density at radius 1 is 1.38 bits per heavy atom. The largest absolute Gasteiger partial charge is 0.361 e. The van der Waals surface area contributed by atoms with Crippen LogP contribution in [0.1, 0.15) is 56.4 Å². The highest BCUT2D eigenvalue weighted by molar-refractivity contribution is 5.96. The van der Waals surface area contributed by atoms with Crippen molar-refractivity contribution in [2.24, 2.45) is 0 Å². The maximum atomic E-state index is 12.0. The van der Waals surface area contributed by atoms with E-state index in [0.717, 1.165) is 0 Å². The Bertz CT molecular complexity index is 386. The molecule has 0 atom stereocenters. The Balaban J connectivity index is 3.12. The van der Waals surface area contributed by atoms with Crippen LogP contribution < -0.4 is 5.32 Å². The number of aryl methyl sites for hydroxylation is 1. The maximum Gasteiger partial charge on any atom is 0.257 e. The first-order chi connectivity index (χ1) is 7.23. The normalized spacial score (nSPS) is 11.9. The minimum atomic E-state index is -0.193. The van der Waals surface area contributed by atoms with Gasteiger partial charge in [-0.15, -0.1) is 0 Å². The van der Waals surface area contributed by atoms with Crippen LogP contribution in [0.2, 0.25) is 0 Å². The first-order valence-electron chi connectivity index (χ1n) is 5.51. The van der Waals surface area contributed by atoms with Crippen LogP contribution in [-0.4, -0.2) is 17.1 Å². The Hall–Kier alpha value is -1.32. The summed E-state index contributed by atoms with van der Waals surface area (Å²) in [6.45, 7) is 11.6. The van der Waals surface area contributed by atoms with E-state index in [9.17, 15) is 4.79 Å². The van der Waals surface area contributed by atoms with Crippen molar-refractivity contribution in [3.63, 3.8) is 0 Å². The molecule has 0 aliphatic rings. The third-order valence-electron chi connectivity index (χ3n) is 2.22. The minimum absolute atomic E-state index is 0.106. The molecule has 0 aliphatic heterocycles. The molecule has 1 N–H and O–H groups in total. The molecule has 1 rings (SSSR count). The van der Waals surface area contributed by atoms with Gasteiger partial charge in [-0.3, -0.25) is 4.79 Å². The molecule has 4 heteroatoms. The third-order valence-corrected chi connectivity index (χ3v) is 2.22. The number of amides is 1. The molecule has 0 spiro atoms. The number of carbonyl (C=O) groups is 1. The monoisotopic (exact) mass is 224 g/mol. The van der Waals surface area contributed by atoms with Gasteiger partial charge in [-0.25, -0.2) is 0 Å². The van der Waals surface area contributed by atoms with E-state index in [1.807, 2.05) is 34.6 Å². The number of aromatic nitrogens is 1. The van der Waals surface area contributed by atoms with E-state index < -0.39 is 0 Å². The quantitative estimate of drug-likeness (QED) is 0.839. The van der Waals surface area contributed by atoms with E-state index in [1.54, 1.807) is 6.92 Å². The van der Waals surface area contributed by atoms with Crippen molar-refractivity contribution >= 4 is 5.91 Å². The lowest BCUT2D eigenvalue weighted by atomic mass is 9.88. The molecule has 0 bridgehead atoms. The summed E-state index contributed by atoms with van der Waals surface area (Å²) in [5.74, 6) is 0.460. The molecule has 0 fully saturated rings. The third kappa shape index (κ3) is 2.62. The van der Waals surface area contributed by atoms with Crippen LogP contribution in [0.15, 0.2) is 4.52 Å². The van der Waals surface area contributed by atoms with Crippen molar-refractivity contribution in [1.82, 2.24) is 10.5 Å². The van der Waals surface area contributed by atoms with Gasteiger partial charge in [0.2, 0.25) is 0 Å². The zero-order valence-corrected chi connectivity index (χ0v) is 10.8. The van der Waals surface area contributed by atoms with Crippen LogP contribution in [0.4, 0.5) is 0 Å². The molecule has 1 aromatic heterocycles. The molecule has 0 unspecified atom stereocenters. The number of carbonyl (C=O) groups excluding carboxylic acids is 1. The highest BCUT2D eigenvalue weighted by atomic mass is 16.5. The van der Waals surface area contributed by atoms with E-state index in [4.69, 9.17) is 4.52 Å². The van der Waals surface area contributed by atoms with Crippen LogP contribution in [0.3, 0.4) is 0 Å². The van der Waals surface area contributed by atoms with Gasteiger partial charge in [0.05, 0.1) is 0 Å². The van der Waals surface area contributed by atoms with Gasteiger partial charge >= 0.3 is 0 Å². The second kappa shape index (κ2) is 4.28. The summed E-state index contributed by atoms with van der Waals surface area (Å²) in [5.41, 5.74) is 1.09. The van der Waals surface area contributed by atoms with Crippen LogP contribution in [0.25, 0.3) is 0 Å². The van der Waals surface area contributed by atoms with Crippen molar-refractivity contribution in [3.8, 4) is 0 Å². The molecular formula is C12H20N2O2. The lowest BCUT2D eigenvalue weighted by Gasteiger charge is -2.17. The van der Waals surface area contributed by atoms with Crippen molar-refractivity contribution in [1.29, 1.82) is 0 Å². The zero-order valence-electron chi connectivity index (χ0n) is 10.8. The van der Waals surface area contributed by atoms with E-state index in [1.165, 1.54) is 0 Å². The lowest BCUT2D eigenvalue weighted by molar-refractivity contribution is 0.0939. The summed E-state index contributed by atoms with van der Waals surface area (Å²) >= 11 is 0. The number of hydrogen-bond acceptors (Lipinski definition) is 3. The lowest BCUT2D eigenvalue weighted by Crippen LogP contribution is -2.32. The molecule has 16 heavy (non-hydrogen) atoms. The summed E-state index contributed by atoms with van der Waals surface area (Å²) in [7, 11) is 0. The van der Waals surface area contributed by atoms with Gasteiger partial charge in [-0.2, -0.15) is 0 Å². The zero-order chi connectivity index (χ0) is 12.5. The summed E-state index contributed by atoms with van der Waals surface area (Å²) in [4.78, 5) is 12.0. The van der Waals surface area contributed by atoms with Gasteiger partial charge in [0.15, 0.2) is 0 Å². The van der Waals surface area contributed by atoms with Crippen molar-refractivity contribution in [2.45, 2.75) is 53.0 Å². The molecule has 0 saturated carbocycles. The number of nitrogens with zero attached hydrogens (tertiary/aromatic N) is 1. The predicted octanol–water partition coefficient (Wildman–Crippen LogP) is 2.42. The molecule has 0 radical (unpaired) electrons. The summed E-state index contributed by atoms with van der Waals surface area (Å²) in [5, 5.41) is 6.84. The fraction of sp³-hybridized carbons (Fsp3) is 0.667. The average Bonchev–Trinajstić information content (AvgIpc) is 2.44. The van der Waals surface area contributed by atoms with Crippen molar-refractivity contribution in [3.05, 3.63) is 17.0 Å². The fourth-order valence-electron chi connectivity index (χ4n) is 1.49. The van der Waals surface area contributed by atoms with Crippen molar-refractivity contribution in [2.75, 3.05) is 0 Å². The van der Waals surface area contributed by atoms with Gasteiger partial charge in [0.1, 0.15) is 17.0 Å². The molecule has 1 heterocycles. The Kier molecular flexibility index (Phi) is 3.41. The van der Waals surface area contributed by atoms with Crippen LogP contribution in [0.5, 0.6) is 0 Å². The standard InChI is InChI=1S/C12H20N2O2/c1-7(2)13-11(15)9-8(3)16-14-10(9)12(4,5)6/h7H,1-6H3,(H,13,15). The van der Waals surface area contributed by atoms with Crippen LogP contribution >= 0.6 is 0 Å². The highest BCUT2D eigenvalue weighted by Gasteiger charge is 2.28. The SMILES string of the molecule is Cc1onc(C(C)(C)C)c1C(=O)NC(C)C. The van der Waals surface area contributed by atoms with E-state index >= 15 is 0 Å². The van der Waals surface area contributed by atoms with Gasteiger partial charge in [0, 0.05) is 11.5 Å². The van der Waals surface area contributed by atoms with Crippen LogP contribution in [-0.2, 0) is 5.41 Å². The van der Waals surface area contributed by atoms with E-state index in [2.05, 4.69) is 10.5 Å².